The number of rotatable bonds is 2. The average molecular weight is 328 g/mol. The Bertz CT molecular complexity index is 1030. The maximum absolute atomic E-state index is 9.11. The number of nitrogens with zero attached hydrogens (tertiary/aromatic N) is 2. The van der Waals surface area contributed by atoms with Crippen LogP contribution in [0.2, 0.25) is 0 Å². The molecule has 0 unspecified atom stereocenters. The fourth-order valence-electron chi connectivity index (χ4n) is 3.72. The molecule has 0 spiro atoms. The Kier molecular flexibility index (Phi) is 3.85. The van der Waals surface area contributed by atoms with E-state index in [0.29, 0.717) is 5.71 Å². The molecule has 3 heteroatoms. The summed E-state index contributed by atoms with van der Waals surface area (Å²) in [4.78, 5) is 4.91. The van der Waals surface area contributed by atoms with Crippen molar-refractivity contribution in [2.75, 3.05) is 0 Å². The summed E-state index contributed by atoms with van der Waals surface area (Å²) in [6.45, 7) is 3.98. The minimum Gasteiger partial charge on any atom is -0.411 e. The van der Waals surface area contributed by atoms with Gasteiger partial charge >= 0.3 is 0 Å². The van der Waals surface area contributed by atoms with Crippen LogP contribution in [0.25, 0.3) is 10.8 Å². The number of hydrogen-bond donors (Lipinski definition) is 1. The minimum atomic E-state index is 0.581. The average Bonchev–Trinajstić information content (AvgIpc) is 3.06. The molecule has 0 saturated heterocycles. The molecular weight excluding hydrogens is 308 g/mol. The van der Waals surface area contributed by atoms with E-state index in [9.17, 15) is 0 Å². The van der Waals surface area contributed by atoms with Gasteiger partial charge < -0.3 is 5.21 Å². The monoisotopic (exact) mass is 328 g/mol. The molecule has 0 aliphatic heterocycles. The molecule has 0 bridgehead atoms. The number of para-hydroxylation sites is 1. The van der Waals surface area contributed by atoms with Gasteiger partial charge in [0.05, 0.1) is 11.4 Å². The zero-order valence-corrected chi connectivity index (χ0v) is 14.5. The third kappa shape index (κ3) is 2.72. The van der Waals surface area contributed by atoms with Crippen LogP contribution in [0, 0.1) is 6.92 Å². The first-order valence-corrected chi connectivity index (χ1v) is 8.52. The fraction of sp³-hybridized carbons (Fsp3) is 0.182. The predicted octanol–water partition coefficient (Wildman–Crippen LogP) is 5.22. The highest BCUT2D eigenvalue weighted by Gasteiger charge is 2.21. The first-order chi connectivity index (χ1) is 12.2. The summed E-state index contributed by atoms with van der Waals surface area (Å²) in [5.41, 5.74) is 7.62. The smallest absolute Gasteiger partial charge is 0.0858 e. The Hall–Kier alpha value is -2.94. The van der Waals surface area contributed by atoms with Crippen LogP contribution in [-0.2, 0) is 12.8 Å². The summed E-state index contributed by atoms with van der Waals surface area (Å²) in [5, 5.41) is 15.1. The normalized spacial score (nSPS) is 15.8. The molecule has 0 fully saturated rings. The summed E-state index contributed by atoms with van der Waals surface area (Å²) < 4.78 is 0. The highest BCUT2D eigenvalue weighted by molar-refractivity contribution is 6.05. The van der Waals surface area contributed by atoms with Crippen LogP contribution in [0.1, 0.15) is 29.2 Å². The Morgan fingerprint density at radius 3 is 2.52 bits per heavy atom. The van der Waals surface area contributed by atoms with Crippen LogP contribution in [0.15, 0.2) is 64.7 Å². The van der Waals surface area contributed by atoms with Crippen LogP contribution in [-0.4, -0.2) is 16.6 Å². The summed E-state index contributed by atoms with van der Waals surface area (Å²) >= 11 is 0. The molecular formula is C22H20N2O. The summed E-state index contributed by atoms with van der Waals surface area (Å²) in [6.07, 6.45) is 1.76. The molecule has 1 aliphatic carbocycles. The Balaban J connectivity index is 1.79. The summed E-state index contributed by atoms with van der Waals surface area (Å²) in [7, 11) is 0. The zero-order valence-electron chi connectivity index (χ0n) is 14.5. The number of fused-ring (bicyclic) bond motifs is 3. The minimum absolute atomic E-state index is 0.581. The number of oxime groups is 1. The van der Waals surface area contributed by atoms with Crippen molar-refractivity contribution in [2.45, 2.75) is 26.7 Å². The first kappa shape index (κ1) is 15.6. The summed E-state index contributed by atoms with van der Waals surface area (Å²) in [5.74, 6) is 0. The Morgan fingerprint density at radius 1 is 0.960 bits per heavy atom. The maximum atomic E-state index is 9.11. The predicted molar refractivity (Wildman–Crippen MR) is 104 cm³/mol. The Morgan fingerprint density at radius 2 is 1.68 bits per heavy atom. The molecule has 0 saturated carbocycles. The summed E-state index contributed by atoms with van der Waals surface area (Å²) in [6, 6.07) is 18.7. The molecule has 124 valence electrons. The number of hydrogen-bond acceptors (Lipinski definition) is 3. The van der Waals surface area contributed by atoms with Crippen molar-refractivity contribution in [1.82, 2.24) is 0 Å². The molecule has 3 nitrogen and oxygen atoms in total. The van der Waals surface area contributed by atoms with Crippen molar-refractivity contribution >= 4 is 27.9 Å². The molecule has 0 aromatic heterocycles. The maximum Gasteiger partial charge on any atom is 0.0858 e. The molecule has 3 aromatic rings. The van der Waals surface area contributed by atoms with E-state index in [4.69, 9.17) is 10.2 Å². The number of aryl methyl sites for hydroxylation is 1. The van der Waals surface area contributed by atoms with Crippen molar-refractivity contribution in [3.8, 4) is 0 Å². The third-order valence-corrected chi connectivity index (χ3v) is 4.98. The Labute approximate surface area is 147 Å². The second-order valence-electron chi connectivity index (χ2n) is 6.61. The van der Waals surface area contributed by atoms with Gasteiger partial charge in [-0.1, -0.05) is 53.7 Å². The highest BCUT2D eigenvalue weighted by atomic mass is 16.4. The van der Waals surface area contributed by atoms with E-state index in [-0.39, 0.29) is 0 Å². The third-order valence-electron chi connectivity index (χ3n) is 4.98. The van der Waals surface area contributed by atoms with Crippen LogP contribution < -0.4 is 0 Å². The van der Waals surface area contributed by atoms with Crippen molar-refractivity contribution in [1.29, 1.82) is 0 Å². The van der Waals surface area contributed by atoms with E-state index >= 15 is 0 Å². The largest absolute Gasteiger partial charge is 0.411 e. The van der Waals surface area contributed by atoms with Crippen molar-refractivity contribution in [3.05, 3.63) is 76.9 Å². The lowest BCUT2D eigenvalue weighted by Crippen LogP contribution is -1.99. The molecule has 25 heavy (non-hydrogen) atoms. The highest BCUT2D eigenvalue weighted by Crippen LogP contribution is 2.33. The van der Waals surface area contributed by atoms with Gasteiger partial charge in [0.2, 0.25) is 0 Å². The second-order valence-corrected chi connectivity index (χ2v) is 6.61. The van der Waals surface area contributed by atoms with Crippen molar-refractivity contribution < 1.29 is 5.21 Å². The van der Waals surface area contributed by atoms with E-state index in [1.807, 2.05) is 24.3 Å². The first-order valence-electron chi connectivity index (χ1n) is 8.52. The van der Waals surface area contributed by atoms with Gasteiger partial charge in [0.25, 0.3) is 0 Å². The molecule has 1 aliphatic rings. The molecule has 0 radical (unpaired) electrons. The van der Waals surface area contributed by atoms with Gasteiger partial charge in [0.1, 0.15) is 0 Å². The molecule has 4 rings (SSSR count). The SMILES string of the molecule is C/C(=N/O)c1ccccc1N=C1Cc2c(C)cc3ccccc3c2C1. The number of benzene rings is 3. The quantitative estimate of drug-likeness (QED) is 0.391. The van der Waals surface area contributed by atoms with Crippen LogP contribution in [0.5, 0.6) is 0 Å². The van der Waals surface area contributed by atoms with Gasteiger partial charge in [-0.15, -0.1) is 0 Å². The molecule has 0 amide bonds. The van der Waals surface area contributed by atoms with E-state index < -0.39 is 0 Å². The van der Waals surface area contributed by atoms with E-state index in [1.165, 1.54) is 27.5 Å². The van der Waals surface area contributed by atoms with Gasteiger partial charge in [-0.3, -0.25) is 4.99 Å². The van der Waals surface area contributed by atoms with E-state index in [2.05, 4.69) is 42.4 Å². The molecule has 0 atom stereocenters. The lowest BCUT2D eigenvalue weighted by molar-refractivity contribution is 0.319. The van der Waals surface area contributed by atoms with E-state index in [1.54, 1.807) is 6.92 Å². The van der Waals surface area contributed by atoms with Gasteiger partial charge in [-0.25, -0.2) is 0 Å². The lowest BCUT2D eigenvalue weighted by atomic mass is 9.97. The van der Waals surface area contributed by atoms with Gasteiger partial charge in [0.15, 0.2) is 0 Å². The lowest BCUT2D eigenvalue weighted by Gasteiger charge is -2.07. The number of aliphatic imine (C=N–C) groups is 1. The van der Waals surface area contributed by atoms with Gasteiger partial charge in [0, 0.05) is 24.1 Å². The topological polar surface area (TPSA) is 45.0 Å². The standard InChI is InChI=1S/C22H20N2O/c1-14-11-16-7-3-4-9-19(16)21-13-17(12-20(14)21)23-22-10-6-5-8-18(22)15(2)24-25/h3-11,25H,12-13H2,1-2H3/b23-17?,24-15-. The molecule has 3 aromatic carbocycles. The van der Waals surface area contributed by atoms with Gasteiger partial charge in [-0.05, 0) is 47.4 Å². The van der Waals surface area contributed by atoms with E-state index in [0.717, 1.165) is 29.8 Å². The van der Waals surface area contributed by atoms with Crippen LogP contribution >= 0.6 is 0 Å². The second kappa shape index (κ2) is 6.17. The van der Waals surface area contributed by atoms with Crippen LogP contribution in [0.3, 0.4) is 0 Å². The van der Waals surface area contributed by atoms with Crippen molar-refractivity contribution in [2.24, 2.45) is 10.1 Å². The molecule has 0 heterocycles. The molecule has 1 N–H and O–H groups in total. The van der Waals surface area contributed by atoms with Crippen LogP contribution in [0.4, 0.5) is 5.69 Å². The zero-order chi connectivity index (χ0) is 17.4. The van der Waals surface area contributed by atoms with Gasteiger partial charge in [-0.2, -0.15) is 0 Å². The van der Waals surface area contributed by atoms with Crippen molar-refractivity contribution in [3.63, 3.8) is 0 Å². The fourth-order valence-corrected chi connectivity index (χ4v) is 3.72.